The highest BCUT2D eigenvalue weighted by molar-refractivity contribution is 9.10. The molecular weight excluding hydrogens is 352 g/mol. The molecule has 1 heterocycles. The Hall–Kier alpha value is -1.53. The minimum atomic E-state index is -3.58. The molecule has 21 heavy (non-hydrogen) atoms. The van der Waals surface area contributed by atoms with E-state index in [-0.39, 0.29) is 0 Å². The first-order chi connectivity index (χ1) is 10.1. The van der Waals surface area contributed by atoms with E-state index >= 15 is 0 Å². The number of fused-ring (bicyclic) bond motifs is 1. The Bertz CT molecular complexity index is 762. The Morgan fingerprint density at radius 1 is 1.05 bits per heavy atom. The van der Waals surface area contributed by atoms with E-state index in [1.807, 2.05) is 24.3 Å². The lowest BCUT2D eigenvalue weighted by Gasteiger charge is -2.24. The largest absolute Gasteiger partial charge is 0.383 e. The summed E-state index contributed by atoms with van der Waals surface area (Å²) in [5, 5.41) is 3.28. The minimum Gasteiger partial charge on any atom is -0.383 e. The normalized spacial score (nSPS) is 15.0. The fraction of sp³-hybridized carbons (Fsp3) is 0.200. The van der Waals surface area contributed by atoms with Gasteiger partial charge in [0.05, 0.1) is 11.4 Å². The molecule has 0 radical (unpaired) electrons. The van der Waals surface area contributed by atoms with Gasteiger partial charge < -0.3 is 5.32 Å². The molecule has 0 aliphatic carbocycles. The maximum absolute atomic E-state index is 13.0. The van der Waals surface area contributed by atoms with Crippen LogP contribution >= 0.6 is 15.9 Å². The number of rotatable bonds is 2. The predicted octanol–water partition coefficient (Wildman–Crippen LogP) is 3.46. The zero-order valence-electron chi connectivity index (χ0n) is 11.3. The molecule has 0 spiro atoms. The standard InChI is InChI=1S/C15H15BrN2O2S/c16-12-6-1-4-9-15(12)21(19,20)18-11-5-10-17-13-7-2-3-8-14(13)18/h1-4,6-9,17H,5,10-11H2. The number of hydrogen-bond donors (Lipinski definition) is 1. The van der Waals surface area contributed by atoms with Gasteiger partial charge in [-0.25, -0.2) is 8.42 Å². The lowest BCUT2D eigenvalue weighted by atomic mass is 10.2. The fourth-order valence-corrected chi connectivity index (χ4v) is 4.92. The number of benzene rings is 2. The van der Waals surface area contributed by atoms with Gasteiger partial charge in [0, 0.05) is 17.6 Å². The number of anilines is 2. The van der Waals surface area contributed by atoms with Crippen molar-refractivity contribution >= 4 is 37.3 Å². The molecule has 1 aliphatic rings. The van der Waals surface area contributed by atoms with Crippen LogP contribution in [-0.4, -0.2) is 21.5 Å². The van der Waals surface area contributed by atoms with Gasteiger partial charge >= 0.3 is 0 Å². The lowest BCUT2D eigenvalue weighted by molar-refractivity contribution is 0.590. The highest BCUT2D eigenvalue weighted by Crippen LogP contribution is 2.34. The minimum absolute atomic E-state index is 0.293. The van der Waals surface area contributed by atoms with Crippen LogP contribution in [-0.2, 0) is 10.0 Å². The maximum atomic E-state index is 13.0. The van der Waals surface area contributed by atoms with E-state index in [9.17, 15) is 8.42 Å². The van der Waals surface area contributed by atoms with Crippen LogP contribution in [0.1, 0.15) is 6.42 Å². The Morgan fingerprint density at radius 3 is 2.57 bits per heavy atom. The summed E-state index contributed by atoms with van der Waals surface area (Å²) in [6.45, 7) is 1.23. The van der Waals surface area contributed by atoms with Crippen molar-refractivity contribution in [1.29, 1.82) is 0 Å². The Kier molecular flexibility index (Phi) is 3.91. The smallest absolute Gasteiger partial charge is 0.265 e. The molecule has 4 nitrogen and oxygen atoms in total. The first kappa shape index (κ1) is 14.4. The van der Waals surface area contributed by atoms with Crippen molar-refractivity contribution in [2.75, 3.05) is 22.7 Å². The second kappa shape index (κ2) is 5.69. The zero-order chi connectivity index (χ0) is 14.9. The van der Waals surface area contributed by atoms with Gasteiger partial charge in [-0.3, -0.25) is 4.31 Å². The molecule has 0 unspecified atom stereocenters. The molecular formula is C15H15BrN2O2S. The van der Waals surface area contributed by atoms with Crippen molar-refractivity contribution in [2.24, 2.45) is 0 Å². The van der Waals surface area contributed by atoms with Crippen molar-refractivity contribution in [1.82, 2.24) is 0 Å². The van der Waals surface area contributed by atoms with Crippen LogP contribution in [0.2, 0.25) is 0 Å². The van der Waals surface area contributed by atoms with E-state index in [1.54, 1.807) is 24.3 Å². The second-order valence-corrected chi connectivity index (χ2v) is 7.49. The summed E-state index contributed by atoms with van der Waals surface area (Å²) in [5.41, 5.74) is 1.55. The van der Waals surface area contributed by atoms with E-state index in [1.165, 1.54) is 4.31 Å². The van der Waals surface area contributed by atoms with Gasteiger partial charge in [0.15, 0.2) is 0 Å². The average Bonchev–Trinajstić information content (AvgIpc) is 2.70. The van der Waals surface area contributed by atoms with Gasteiger partial charge in [-0.05, 0) is 46.6 Å². The second-order valence-electron chi connectivity index (χ2n) is 4.81. The third-order valence-corrected chi connectivity index (χ3v) is 6.26. The van der Waals surface area contributed by atoms with Crippen LogP contribution in [0.4, 0.5) is 11.4 Å². The van der Waals surface area contributed by atoms with Crippen LogP contribution in [0.25, 0.3) is 0 Å². The molecule has 0 atom stereocenters. The van der Waals surface area contributed by atoms with Crippen molar-refractivity contribution in [3.05, 3.63) is 53.0 Å². The van der Waals surface area contributed by atoms with Gasteiger partial charge in [0.1, 0.15) is 4.90 Å². The first-order valence-electron chi connectivity index (χ1n) is 6.71. The van der Waals surface area contributed by atoms with E-state index in [0.717, 1.165) is 18.7 Å². The fourth-order valence-electron chi connectivity index (χ4n) is 2.43. The molecule has 3 rings (SSSR count). The number of sulfonamides is 1. The first-order valence-corrected chi connectivity index (χ1v) is 8.94. The third kappa shape index (κ3) is 2.65. The van der Waals surface area contributed by atoms with Crippen molar-refractivity contribution in [3.8, 4) is 0 Å². The van der Waals surface area contributed by atoms with Crippen LogP contribution in [0, 0.1) is 0 Å². The van der Waals surface area contributed by atoms with E-state index in [2.05, 4.69) is 21.2 Å². The van der Waals surface area contributed by atoms with Crippen LogP contribution in [0.5, 0.6) is 0 Å². The summed E-state index contributed by atoms with van der Waals surface area (Å²) in [6.07, 6.45) is 0.762. The van der Waals surface area contributed by atoms with Crippen LogP contribution in [0.15, 0.2) is 57.9 Å². The lowest BCUT2D eigenvalue weighted by Crippen LogP contribution is -2.31. The molecule has 0 saturated carbocycles. The number of halogens is 1. The van der Waals surface area contributed by atoms with E-state index in [4.69, 9.17) is 0 Å². The third-order valence-electron chi connectivity index (χ3n) is 3.43. The number of hydrogen-bond acceptors (Lipinski definition) is 3. The van der Waals surface area contributed by atoms with E-state index < -0.39 is 10.0 Å². The predicted molar refractivity (Wildman–Crippen MR) is 88.2 cm³/mol. The molecule has 0 aromatic heterocycles. The van der Waals surface area contributed by atoms with Gasteiger partial charge in [0.25, 0.3) is 10.0 Å². The van der Waals surface area contributed by atoms with Crippen molar-refractivity contribution in [2.45, 2.75) is 11.3 Å². The molecule has 110 valence electrons. The van der Waals surface area contributed by atoms with Crippen molar-refractivity contribution < 1.29 is 8.42 Å². The van der Waals surface area contributed by atoms with Gasteiger partial charge in [-0.15, -0.1) is 0 Å². The van der Waals surface area contributed by atoms with Crippen LogP contribution in [0.3, 0.4) is 0 Å². The summed E-state index contributed by atoms with van der Waals surface area (Å²) in [7, 11) is -3.58. The van der Waals surface area contributed by atoms with E-state index in [0.29, 0.717) is 21.6 Å². The topological polar surface area (TPSA) is 49.4 Å². The number of nitrogens with zero attached hydrogens (tertiary/aromatic N) is 1. The summed E-state index contributed by atoms with van der Waals surface area (Å²) in [5.74, 6) is 0. The molecule has 6 heteroatoms. The Labute approximate surface area is 133 Å². The number of nitrogens with one attached hydrogen (secondary N) is 1. The van der Waals surface area contributed by atoms with Crippen LogP contribution < -0.4 is 9.62 Å². The zero-order valence-corrected chi connectivity index (χ0v) is 13.7. The SMILES string of the molecule is O=S(=O)(c1ccccc1Br)N1CCCNc2ccccc21. The molecule has 0 amide bonds. The summed E-state index contributed by atoms with van der Waals surface area (Å²) in [4.78, 5) is 0.293. The van der Waals surface area contributed by atoms with Gasteiger partial charge in [-0.1, -0.05) is 24.3 Å². The molecule has 1 aliphatic heterocycles. The summed E-state index contributed by atoms with van der Waals surface area (Å²) in [6, 6.07) is 14.4. The molecule has 2 aromatic carbocycles. The highest BCUT2D eigenvalue weighted by Gasteiger charge is 2.29. The quantitative estimate of drug-likeness (QED) is 0.885. The Balaban J connectivity index is 2.13. The highest BCUT2D eigenvalue weighted by atomic mass is 79.9. The average molecular weight is 367 g/mol. The molecule has 0 fully saturated rings. The van der Waals surface area contributed by atoms with Gasteiger partial charge in [0.2, 0.25) is 0 Å². The monoisotopic (exact) mass is 366 g/mol. The molecule has 0 saturated heterocycles. The maximum Gasteiger partial charge on any atom is 0.265 e. The summed E-state index contributed by atoms with van der Waals surface area (Å²) >= 11 is 3.34. The Morgan fingerprint density at radius 2 is 1.76 bits per heavy atom. The molecule has 2 aromatic rings. The summed E-state index contributed by atoms with van der Waals surface area (Å²) < 4.78 is 28.1. The van der Waals surface area contributed by atoms with Crippen molar-refractivity contribution in [3.63, 3.8) is 0 Å². The number of para-hydroxylation sites is 2. The molecule has 0 bridgehead atoms. The molecule has 1 N–H and O–H groups in total. The van der Waals surface area contributed by atoms with Gasteiger partial charge in [-0.2, -0.15) is 0 Å².